The number of ether oxygens (including phenoxy) is 1. The molecule has 0 saturated carbocycles. The Hall–Kier alpha value is -2.28. The Kier molecular flexibility index (Phi) is 4.71. The average molecular weight is 259 g/mol. The maximum Gasteiger partial charge on any atom is 0.333 e. The first-order valence-corrected chi connectivity index (χ1v) is 5.88. The Labute approximate surface area is 113 Å². The number of carbonyl (C=O) groups is 2. The van der Waals surface area contributed by atoms with Crippen LogP contribution in [0.25, 0.3) is 0 Å². The minimum atomic E-state index is -0.899. The zero-order valence-corrected chi connectivity index (χ0v) is 11.3. The van der Waals surface area contributed by atoms with Crippen LogP contribution < -0.4 is 5.32 Å². The molecule has 0 aromatic heterocycles. The van der Waals surface area contributed by atoms with Crippen LogP contribution >= 0.6 is 0 Å². The fourth-order valence-electron chi connectivity index (χ4n) is 1.46. The highest BCUT2D eigenvalue weighted by atomic mass is 16.6. The first-order valence-electron chi connectivity index (χ1n) is 5.88. The van der Waals surface area contributed by atoms with Crippen molar-refractivity contribution in [3.8, 4) is 12.3 Å². The van der Waals surface area contributed by atoms with E-state index in [9.17, 15) is 9.59 Å². The standard InChI is InChI=1S/C15H17NO3/c1-5-12(17)16-13(11-9-7-6-8-10-11)14(18)19-15(2,3)4/h1,6-10,13H,2-4H3,(H,16,17)/t13-/m1/s1. The lowest BCUT2D eigenvalue weighted by Gasteiger charge is -2.24. The molecule has 1 atom stereocenters. The SMILES string of the molecule is C#CC(=O)N[C@@H](C(=O)OC(C)(C)C)c1ccccc1. The van der Waals surface area contributed by atoms with Crippen molar-refractivity contribution >= 4 is 11.9 Å². The van der Waals surface area contributed by atoms with Crippen molar-refractivity contribution in [2.24, 2.45) is 0 Å². The summed E-state index contributed by atoms with van der Waals surface area (Å²) >= 11 is 0. The molecule has 0 aliphatic heterocycles. The lowest BCUT2D eigenvalue weighted by Crippen LogP contribution is -2.37. The number of esters is 1. The first kappa shape index (κ1) is 14.8. The van der Waals surface area contributed by atoms with Crippen LogP contribution in [0.2, 0.25) is 0 Å². The molecule has 0 unspecified atom stereocenters. The van der Waals surface area contributed by atoms with Crippen molar-refractivity contribution in [3.05, 3.63) is 35.9 Å². The molecular weight excluding hydrogens is 242 g/mol. The Balaban J connectivity index is 2.97. The van der Waals surface area contributed by atoms with Gasteiger partial charge in [0.05, 0.1) is 0 Å². The highest BCUT2D eigenvalue weighted by Gasteiger charge is 2.27. The molecule has 0 aliphatic rings. The number of carbonyl (C=O) groups excluding carboxylic acids is 2. The van der Waals surface area contributed by atoms with Gasteiger partial charge in [0.15, 0.2) is 6.04 Å². The Bertz CT molecular complexity index is 494. The molecule has 0 fully saturated rings. The van der Waals surface area contributed by atoms with E-state index < -0.39 is 23.5 Å². The van der Waals surface area contributed by atoms with Crippen molar-refractivity contribution in [1.29, 1.82) is 0 Å². The van der Waals surface area contributed by atoms with E-state index in [0.29, 0.717) is 5.56 Å². The fraction of sp³-hybridized carbons (Fsp3) is 0.333. The number of hydrogen-bond acceptors (Lipinski definition) is 3. The van der Waals surface area contributed by atoms with Crippen LogP contribution in [-0.2, 0) is 14.3 Å². The number of rotatable bonds is 3. The number of hydrogen-bond donors (Lipinski definition) is 1. The lowest BCUT2D eigenvalue weighted by atomic mass is 10.1. The Morgan fingerprint density at radius 2 is 1.84 bits per heavy atom. The van der Waals surface area contributed by atoms with Gasteiger partial charge >= 0.3 is 5.97 Å². The third-order valence-corrected chi connectivity index (χ3v) is 2.18. The van der Waals surface area contributed by atoms with Gasteiger partial charge in [-0.1, -0.05) is 30.3 Å². The summed E-state index contributed by atoms with van der Waals surface area (Å²) in [5.74, 6) is 0.733. The van der Waals surface area contributed by atoms with E-state index in [1.165, 1.54) is 0 Å². The Morgan fingerprint density at radius 3 is 2.32 bits per heavy atom. The summed E-state index contributed by atoms with van der Waals surface area (Å²) in [6.45, 7) is 5.28. The first-order chi connectivity index (χ1) is 8.83. The molecule has 0 aliphatic carbocycles. The molecule has 1 amide bonds. The van der Waals surface area contributed by atoms with Gasteiger partial charge in [-0.2, -0.15) is 0 Å². The third kappa shape index (κ3) is 4.84. The lowest BCUT2D eigenvalue weighted by molar-refractivity contribution is -0.158. The second-order valence-electron chi connectivity index (χ2n) is 4.99. The van der Waals surface area contributed by atoms with E-state index in [1.807, 2.05) is 12.0 Å². The van der Waals surface area contributed by atoms with Gasteiger partial charge in [0, 0.05) is 0 Å². The summed E-state index contributed by atoms with van der Waals surface area (Å²) in [6.07, 6.45) is 5.01. The second kappa shape index (κ2) is 6.05. The molecule has 4 heteroatoms. The molecule has 1 N–H and O–H groups in total. The van der Waals surface area contributed by atoms with Gasteiger partial charge in [-0.15, -0.1) is 6.42 Å². The van der Waals surface area contributed by atoms with Gasteiger partial charge in [-0.3, -0.25) is 4.79 Å². The predicted octanol–water partition coefficient (Wildman–Crippen LogP) is 1.82. The molecule has 19 heavy (non-hydrogen) atoms. The second-order valence-corrected chi connectivity index (χ2v) is 4.99. The van der Waals surface area contributed by atoms with E-state index in [2.05, 4.69) is 5.32 Å². The summed E-state index contributed by atoms with van der Waals surface area (Å²) in [5, 5.41) is 2.46. The minimum Gasteiger partial charge on any atom is -0.458 e. The molecule has 100 valence electrons. The van der Waals surface area contributed by atoms with Gasteiger partial charge in [0.2, 0.25) is 0 Å². The minimum absolute atomic E-state index is 0.540. The summed E-state index contributed by atoms with van der Waals surface area (Å²) in [4.78, 5) is 23.4. The highest BCUT2D eigenvalue weighted by Crippen LogP contribution is 2.18. The normalized spacial score (nSPS) is 12.1. The topological polar surface area (TPSA) is 55.4 Å². The molecule has 0 heterocycles. The summed E-state index contributed by atoms with van der Waals surface area (Å²) in [7, 11) is 0. The van der Waals surface area contributed by atoms with E-state index >= 15 is 0 Å². The molecular formula is C15H17NO3. The van der Waals surface area contributed by atoms with Crippen LogP contribution in [0.4, 0.5) is 0 Å². The van der Waals surface area contributed by atoms with Gasteiger partial charge in [-0.25, -0.2) is 4.79 Å². The van der Waals surface area contributed by atoms with Crippen molar-refractivity contribution < 1.29 is 14.3 Å². The summed E-state index contributed by atoms with van der Waals surface area (Å²) in [6, 6.07) is 7.92. The van der Waals surface area contributed by atoms with Crippen LogP contribution in [0, 0.1) is 12.3 Å². The van der Waals surface area contributed by atoms with E-state index in [4.69, 9.17) is 11.2 Å². The van der Waals surface area contributed by atoms with Crippen LogP contribution in [0.3, 0.4) is 0 Å². The predicted molar refractivity (Wildman–Crippen MR) is 72.0 cm³/mol. The quantitative estimate of drug-likeness (QED) is 0.665. The molecule has 1 rings (SSSR count). The maximum absolute atomic E-state index is 12.1. The maximum atomic E-state index is 12.1. The fourth-order valence-corrected chi connectivity index (χ4v) is 1.46. The molecule has 4 nitrogen and oxygen atoms in total. The van der Waals surface area contributed by atoms with Crippen molar-refractivity contribution in [1.82, 2.24) is 5.32 Å². The number of terminal acetylenes is 1. The zero-order valence-electron chi connectivity index (χ0n) is 11.3. The molecule has 0 radical (unpaired) electrons. The molecule has 0 bridgehead atoms. The monoisotopic (exact) mass is 259 g/mol. The van der Waals surface area contributed by atoms with E-state index in [1.54, 1.807) is 45.0 Å². The van der Waals surface area contributed by atoms with Gasteiger partial charge in [-0.05, 0) is 32.3 Å². The number of amides is 1. The Morgan fingerprint density at radius 1 is 1.26 bits per heavy atom. The van der Waals surface area contributed by atoms with E-state index in [-0.39, 0.29) is 0 Å². The molecule has 1 aromatic rings. The van der Waals surface area contributed by atoms with Crippen LogP contribution in [0.1, 0.15) is 32.4 Å². The highest BCUT2D eigenvalue weighted by molar-refractivity contribution is 5.96. The van der Waals surface area contributed by atoms with Crippen LogP contribution in [0.5, 0.6) is 0 Å². The van der Waals surface area contributed by atoms with Crippen molar-refractivity contribution in [2.75, 3.05) is 0 Å². The van der Waals surface area contributed by atoms with Crippen LogP contribution in [-0.4, -0.2) is 17.5 Å². The smallest absolute Gasteiger partial charge is 0.333 e. The summed E-state index contributed by atoms with van der Waals surface area (Å²) < 4.78 is 5.28. The number of nitrogens with one attached hydrogen (secondary N) is 1. The molecule has 0 saturated heterocycles. The van der Waals surface area contributed by atoms with Gasteiger partial charge in [0.1, 0.15) is 5.60 Å². The molecule has 0 spiro atoms. The zero-order chi connectivity index (χ0) is 14.5. The van der Waals surface area contributed by atoms with Gasteiger partial charge < -0.3 is 10.1 Å². The van der Waals surface area contributed by atoms with Crippen LogP contribution in [0.15, 0.2) is 30.3 Å². The summed E-state index contributed by atoms with van der Waals surface area (Å²) in [5.41, 5.74) is -0.00862. The van der Waals surface area contributed by atoms with Gasteiger partial charge in [0.25, 0.3) is 5.91 Å². The van der Waals surface area contributed by atoms with Crippen molar-refractivity contribution in [2.45, 2.75) is 32.4 Å². The largest absolute Gasteiger partial charge is 0.458 e. The van der Waals surface area contributed by atoms with Crippen molar-refractivity contribution in [3.63, 3.8) is 0 Å². The third-order valence-electron chi connectivity index (χ3n) is 2.18. The number of benzene rings is 1. The average Bonchev–Trinajstić information content (AvgIpc) is 2.34. The molecule has 1 aromatic carbocycles. The van der Waals surface area contributed by atoms with E-state index in [0.717, 1.165) is 0 Å².